The molecule has 0 bridgehead atoms. The summed E-state index contributed by atoms with van der Waals surface area (Å²) in [5.74, 6) is 1.99. The van der Waals surface area contributed by atoms with Gasteiger partial charge in [-0.15, -0.1) is 0 Å². The maximum atomic E-state index is 9.43. The molecular weight excluding hydrogens is 264 g/mol. The molecule has 108 valence electrons. The summed E-state index contributed by atoms with van der Waals surface area (Å²) >= 11 is 0. The fourth-order valence-corrected chi connectivity index (χ4v) is 1.71. The largest absolute Gasteiger partial charge is 0.496 e. The molecule has 1 heterocycles. The van der Waals surface area contributed by atoms with Gasteiger partial charge in [0.2, 0.25) is 0 Å². The van der Waals surface area contributed by atoms with E-state index in [1.165, 1.54) is 21.3 Å². The molecule has 7 heteroatoms. The zero-order valence-corrected chi connectivity index (χ0v) is 11.7. The number of benzene rings is 1. The monoisotopic (exact) mass is 280 g/mol. The van der Waals surface area contributed by atoms with Crippen LogP contribution in [0.2, 0.25) is 0 Å². The second-order valence-corrected chi connectivity index (χ2v) is 4.04. The smallest absolute Gasteiger partial charge is 0.261 e. The van der Waals surface area contributed by atoms with Crippen molar-refractivity contribution < 1.29 is 23.8 Å². The molecule has 2 aromatic rings. The third-order valence-corrected chi connectivity index (χ3v) is 2.75. The summed E-state index contributed by atoms with van der Waals surface area (Å²) in [6, 6.07) is 3.34. The molecule has 0 aliphatic carbocycles. The zero-order chi connectivity index (χ0) is 14.7. The zero-order valence-electron chi connectivity index (χ0n) is 11.7. The summed E-state index contributed by atoms with van der Waals surface area (Å²) in [6.45, 7) is 1.56. The van der Waals surface area contributed by atoms with Gasteiger partial charge in [0.25, 0.3) is 5.89 Å². The predicted octanol–water partition coefficient (Wildman–Crippen LogP) is 1.82. The van der Waals surface area contributed by atoms with Crippen LogP contribution in [0.15, 0.2) is 16.7 Å². The van der Waals surface area contributed by atoms with Crippen LogP contribution in [-0.4, -0.2) is 36.6 Å². The molecule has 1 atom stereocenters. The van der Waals surface area contributed by atoms with Crippen LogP contribution in [0.5, 0.6) is 17.2 Å². The van der Waals surface area contributed by atoms with Crippen molar-refractivity contribution in [2.75, 3.05) is 21.3 Å². The molecule has 7 nitrogen and oxygen atoms in total. The molecule has 1 unspecified atom stereocenters. The van der Waals surface area contributed by atoms with Crippen LogP contribution in [0.1, 0.15) is 18.9 Å². The average Bonchev–Trinajstić information content (AvgIpc) is 2.95. The first-order valence-corrected chi connectivity index (χ1v) is 5.92. The molecule has 1 N–H and O–H groups in total. The minimum atomic E-state index is -0.807. The number of rotatable bonds is 5. The van der Waals surface area contributed by atoms with Gasteiger partial charge >= 0.3 is 0 Å². The number of methoxy groups -OCH3 is 3. The highest BCUT2D eigenvalue weighted by Crippen LogP contribution is 2.39. The molecule has 0 aliphatic heterocycles. The lowest BCUT2D eigenvalue weighted by Crippen LogP contribution is -1.96. The summed E-state index contributed by atoms with van der Waals surface area (Å²) in [6.07, 6.45) is -0.807. The van der Waals surface area contributed by atoms with Gasteiger partial charge < -0.3 is 23.8 Å². The lowest BCUT2D eigenvalue weighted by Gasteiger charge is -2.11. The molecule has 1 aromatic heterocycles. The number of hydrogen-bond acceptors (Lipinski definition) is 7. The molecular formula is C13H16N2O5. The minimum absolute atomic E-state index is 0.205. The number of aliphatic hydroxyl groups is 1. The standard InChI is InChI=1S/C13H16N2O5/c1-7(16)12-14-13(20-15-12)8-5-10(18-3)11(19-4)6-9(8)17-2/h5-7,16H,1-4H3. The Morgan fingerprint density at radius 3 is 2.15 bits per heavy atom. The number of nitrogens with zero attached hydrogens (tertiary/aromatic N) is 2. The maximum Gasteiger partial charge on any atom is 0.261 e. The van der Waals surface area contributed by atoms with Crippen LogP contribution in [0.25, 0.3) is 11.5 Å². The highest BCUT2D eigenvalue weighted by atomic mass is 16.5. The quantitative estimate of drug-likeness (QED) is 0.893. The first kappa shape index (κ1) is 14.1. The van der Waals surface area contributed by atoms with Gasteiger partial charge in [0.15, 0.2) is 17.3 Å². The van der Waals surface area contributed by atoms with E-state index in [1.54, 1.807) is 19.1 Å². The van der Waals surface area contributed by atoms with Crippen molar-refractivity contribution in [2.24, 2.45) is 0 Å². The Morgan fingerprint density at radius 1 is 1.05 bits per heavy atom. The number of aliphatic hydroxyl groups excluding tert-OH is 1. The summed E-state index contributed by atoms with van der Waals surface area (Å²) in [5, 5.41) is 13.1. The van der Waals surface area contributed by atoms with E-state index in [2.05, 4.69) is 10.1 Å². The van der Waals surface area contributed by atoms with Crippen molar-refractivity contribution in [3.8, 4) is 28.7 Å². The summed E-state index contributed by atoms with van der Waals surface area (Å²) in [7, 11) is 4.59. The highest BCUT2D eigenvalue weighted by Gasteiger charge is 2.19. The van der Waals surface area contributed by atoms with Crippen LogP contribution in [0.3, 0.4) is 0 Å². The van der Waals surface area contributed by atoms with Crippen LogP contribution >= 0.6 is 0 Å². The Hall–Kier alpha value is -2.28. The van der Waals surface area contributed by atoms with E-state index in [-0.39, 0.29) is 11.7 Å². The summed E-state index contributed by atoms with van der Waals surface area (Å²) < 4.78 is 20.8. The fraction of sp³-hybridized carbons (Fsp3) is 0.385. The fourth-order valence-electron chi connectivity index (χ4n) is 1.71. The number of hydrogen-bond donors (Lipinski definition) is 1. The first-order valence-electron chi connectivity index (χ1n) is 5.92. The van der Waals surface area contributed by atoms with E-state index in [4.69, 9.17) is 18.7 Å². The van der Waals surface area contributed by atoms with Crippen molar-refractivity contribution >= 4 is 0 Å². The van der Waals surface area contributed by atoms with Crippen LogP contribution in [0, 0.1) is 0 Å². The van der Waals surface area contributed by atoms with Gasteiger partial charge in [0.05, 0.1) is 26.9 Å². The van der Waals surface area contributed by atoms with Crippen molar-refractivity contribution in [2.45, 2.75) is 13.0 Å². The normalized spacial score (nSPS) is 12.1. The molecule has 20 heavy (non-hydrogen) atoms. The van der Waals surface area contributed by atoms with E-state index in [9.17, 15) is 5.11 Å². The number of aromatic nitrogens is 2. The SMILES string of the molecule is COc1cc(OC)c(-c2nc(C(C)O)no2)cc1OC. The maximum absolute atomic E-state index is 9.43. The van der Waals surface area contributed by atoms with E-state index < -0.39 is 6.10 Å². The summed E-state index contributed by atoms with van der Waals surface area (Å²) in [4.78, 5) is 4.12. The Labute approximate surface area is 116 Å². The van der Waals surface area contributed by atoms with Gasteiger partial charge in [-0.25, -0.2) is 0 Å². The van der Waals surface area contributed by atoms with Crippen LogP contribution in [-0.2, 0) is 0 Å². The third-order valence-electron chi connectivity index (χ3n) is 2.75. The molecule has 0 aliphatic rings. The van der Waals surface area contributed by atoms with Crippen LogP contribution < -0.4 is 14.2 Å². The third kappa shape index (κ3) is 2.53. The molecule has 0 amide bonds. The van der Waals surface area contributed by atoms with Crippen molar-refractivity contribution in [3.05, 3.63) is 18.0 Å². The lowest BCUT2D eigenvalue weighted by atomic mass is 10.1. The van der Waals surface area contributed by atoms with E-state index in [0.29, 0.717) is 22.8 Å². The topological polar surface area (TPSA) is 86.8 Å². The Bertz CT molecular complexity index is 594. The molecule has 0 fully saturated rings. The lowest BCUT2D eigenvalue weighted by molar-refractivity contribution is 0.184. The Balaban J connectivity index is 2.53. The molecule has 1 aromatic carbocycles. The Kier molecular flexibility index (Phi) is 4.09. The Morgan fingerprint density at radius 2 is 1.65 bits per heavy atom. The summed E-state index contributed by atoms with van der Waals surface area (Å²) in [5.41, 5.74) is 0.560. The second kappa shape index (κ2) is 5.79. The molecule has 0 saturated carbocycles. The molecule has 2 rings (SSSR count). The van der Waals surface area contributed by atoms with Gasteiger partial charge in [0.1, 0.15) is 11.9 Å². The molecule has 0 saturated heterocycles. The molecule has 0 radical (unpaired) electrons. The van der Waals surface area contributed by atoms with Crippen molar-refractivity contribution in [3.63, 3.8) is 0 Å². The minimum Gasteiger partial charge on any atom is -0.496 e. The van der Waals surface area contributed by atoms with Gasteiger partial charge in [-0.1, -0.05) is 5.16 Å². The second-order valence-electron chi connectivity index (χ2n) is 4.04. The first-order chi connectivity index (χ1) is 9.60. The molecule has 0 spiro atoms. The van der Waals surface area contributed by atoms with Gasteiger partial charge in [0, 0.05) is 12.1 Å². The van der Waals surface area contributed by atoms with Gasteiger partial charge in [-0.3, -0.25) is 0 Å². The van der Waals surface area contributed by atoms with E-state index in [1.807, 2.05) is 0 Å². The predicted molar refractivity (Wildman–Crippen MR) is 70.0 cm³/mol. The highest BCUT2D eigenvalue weighted by molar-refractivity contribution is 5.68. The van der Waals surface area contributed by atoms with Crippen molar-refractivity contribution in [1.29, 1.82) is 0 Å². The van der Waals surface area contributed by atoms with E-state index in [0.717, 1.165) is 0 Å². The van der Waals surface area contributed by atoms with Gasteiger partial charge in [-0.2, -0.15) is 4.98 Å². The van der Waals surface area contributed by atoms with Gasteiger partial charge in [-0.05, 0) is 6.92 Å². The van der Waals surface area contributed by atoms with Crippen molar-refractivity contribution in [1.82, 2.24) is 10.1 Å². The number of ether oxygens (including phenoxy) is 3. The van der Waals surface area contributed by atoms with E-state index >= 15 is 0 Å². The average molecular weight is 280 g/mol. The van der Waals surface area contributed by atoms with Crippen LogP contribution in [0.4, 0.5) is 0 Å².